The van der Waals surface area contributed by atoms with Crippen molar-refractivity contribution in [3.05, 3.63) is 0 Å². The van der Waals surface area contributed by atoms with E-state index in [0.29, 0.717) is 19.4 Å². The molecule has 0 aromatic carbocycles. The summed E-state index contributed by atoms with van der Waals surface area (Å²) in [6.45, 7) is 2.11. The number of rotatable bonds is 2. The van der Waals surface area contributed by atoms with Gasteiger partial charge in [0.25, 0.3) is 0 Å². The van der Waals surface area contributed by atoms with E-state index in [1.54, 1.807) is 6.92 Å². The molecule has 0 aliphatic carbocycles. The first-order chi connectivity index (χ1) is 6.15. The standard InChI is InChI=1S/C8H16N2O3/c1-2-13-8(12)6-4-3-5(9)7(11)10-6/h5-7,10-11H,2-4,9H2,1H3. The van der Waals surface area contributed by atoms with E-state index in [-0.39, 0.29) is 12.0 Å². The fraction of sp³-hybridized carbons (Fsp3) is 0.875. The molecule has 1 heterocycles. The lowest BCUT2D eigenvalue weighted by atomic mass is 10.00. The third-order valence-corrected chi connectivity index (χ3v) is 2.14. The molecule has 1 aliphatic rings. The fourth-order valence-electron chi connectivity index (χ4n) is 1.36. The Kier molecular flexibility index (Phi) is 3.65. The van der Waals surface area contributed by atoms with Gasteiger partial charge >= 0.3 is 5.97 Å². The Bertz CT molecular complexity index is 186. The van der Waals surface area contributed by atoms with Crippen molar-refractivity contribution in [2.75, 3.05) is 6.61 Å². The summed E-state index contributed by atoms with van der Waals surface area (Å²) in [7, 11) is 0. The van der Waals surface area contributed by atoms with Crippen LogP contribution in [0.15, 0.2) is 0 Å². The van der Waals surface area contributed by atoms with Gasteiger partial charge in [-0.2, -0.15) is 0 Å². The average Bonchev–Trinajstić information content (AvgIpc) is 2.10. The molecule has 0 spiro atoms. The Balaban J connectivity index is 2.40. The molecule has 0 saturated carbocycles. The van der Waals surface area contributed by atoms with Crippen LogP contribution in [0.4, 0.5) is 0 Å². The van der Waals surface area contributed by atoms with Crippen molar-refractivity contribution in [3.63, 3.8) is 0 Å². The third kappa shape index (κ3) is 2.65. The van der Waals surface area contributed by atoms with Crippen molar-refractivity contribution in [3.8, 4) is 0 Å². The smallest absolute Gasteiger partial charge is 0.323 e. The van der Waals surface area contributed by atoms with Crippen LogP contribution in [-0.4, -0.2) is 36.0 Å². The van der Waals surface area contributed by atoms with Crippen LogP contribution in [-0.2, 0) is 9.53 Å². The minimum Gasteiger partial charge on any atom is -0.465 e. The van der Waals surface area contributed by atoms with Crippen LogP contribution in [0, 0.1) is 0 Å². The monoisotopic (exact) mass is 188 g/mol. The maximum absolute atomic E-state index is 11.2. The summed E-state index contributed by atoms with van der Waals surface area (Å²) in [4.78, 5) is 11.2. The lowest BCUT2D eigenvalue weighted by molar-refractivity contribution is -0.148. The van der Waals surface area contributed by atoms with Crippen LogP contribution in [0.25, 0.3) is 0 Å². The van der Waals surface area contributed by atoms with E-state index in [0.717, 1.165) is 0 Å². The minimum absolute atomic E-state index is 0.286. The number of piperidine rings is 1. The second kappa shape index (κ2) is 4.55. The second-order valence-corrected chi connectivity index (χ2v) is 3.16. The SMILES string of the molecule is CCOC(=O)C1CCC(N)C(O)N1. The number of hydrogen-bond donors (Lipinski definition) is 3. The van der Waals surface area contributed by atoms with Gasteiger partial charge in [0, 0.05) is 6.04 Å². The molecule has 0 aromatic rings. The van der Waals surface area contributed by atoms with Gasteiger partial charge in [0.2, 0.25) is 0 Å². The number of ether oxygens (including phenoxy) is 1. The Morgan fingerprint density at radius 3 is 2.92 bits per heavy atom. The Morgan fingerprint density at radius 1 is 1.69 bits per heavy atom. The summed E-state index contributed by atoms with van der Waals surface area (Å²) in [5.74, 6) is -0.312. The van der Waals surface area contributed by atoms with Crippen molar-refractivity contribution in [1.29, 1.82) is 0 Å². The molecule has 0 radical (unpaired) electrons. The van der Waals surface area contributed by atoms with E-state index < -0.39 is 12.3 Å². The van der Waals surface area contributed by atoms with Crippen LogP contribution in [0.1, 0.15) is 19.8 Å². The Labute approximate surface area is 77.2 Å². The molecule has 1 rings (SSSR count). The maximum atomic E-state index is 11.2. The molecule has 0 bridgehead atoms. The highest BCUT2D eigenvalue weighted by Gasteiger charge is 2.30. The number of aliphatic hydroxyl groups excluding tert-OH is 1. The van der Waals surface area contributed by atoms with Crippen LogP contribution >= 0.6 is 0 Å². The fourth-order valence-corrected chi connectivity index (χ4v) is 1.36. The number of aliphatic hydroxyl groups is 1. The number of carbonyl (C=O) groups is 1. The molecular formula is C8H16N2O3. The van der Waals surface area contributed by atoms with Crippen LogP contribution in [0.5, 0.6) is 0 Å². The van der Waals surface area contributed by atoms with Gasteiger partial charge in [-0.15, -0.1) is 0 Å². The molecular weight excluding hydrogens is 172 g/mol. The zero-order valence-corrected chi connectivity index (χ0v) is 7.69. The van der Waals surface area contributed by atoms with Gasteiger partial charge in [-0.1, -0.05) is 0 Å². The summed E-state index contributed by atoms with van der Waals surface area (Å²) in [6.07, 6.45) is 0.456. The summed E-state index contributed by atoms with van der Waals surface area (Å²) in [5.41, 5.74) is 5.55. The van der Waals surface area contributed by atoms with Gasteiger partial charge in [-0.3, -0.25) is 10.1 Å². The van der Waals surface area contributed by atoms with Gasteiger partial charge in [-0.05, 0) is 19.8 Å². The molecule has 3 atom stereocenters. The highest BCUT2D eigenvalue weighted by atomic mass is 16.5. The topological polar surface area (TPSA) is 84.6 Å². The lowest BCUT2D eigenvalue weighted by Gasteiger charge is -2.30. The minimum atomic E-state index is -0.803. The molecule has 1 fully saturated rings. The first-order valence-corrected chi connectivity index (χ1v) is 4.51. The summed E-state index contributed by atoms with van der Waals surface area (Å²) in [6, 6.07) is -0.694. The Hall–Kier alpha value is -0.650. The van der Waals surface area contributed by atoms with Gasteiger partial charge < -0.3 is 15.6 Å². The largest absolute Gasteiger partial charge is 0.465 e. The maximum Gasteiger partial charge on any atom is 0.323 e. The summed E-state index contributed by atoms with van der Waals surface area (Å²) >= 11 is 0. The van der Waals surface area contributed by atoms with E-state index in [9.17, 15) is 9.90 Å². The van der Waals surface area contributed by atoms with E-state index in [2.05, 4.69) is 5.32 Å². The molecule has 13 heavy (non-hydrogen) atoms. The van der Waals surface area contributed by atoms with E-state index in [1.165, 1.54) is 0 Å². The van der Waals surface area contributed by atoms with E-state index >= 15 is 0 Å². The average molecular weight is 188 g/mol. The number of esters is 1. The number of nitrogens with one attached hydrogen (secondary N) is 1. The van der Waals surface area contributed by atoms with Crippen LogP contribution < -0.4 is 11.1 Å². The van der Waals surface area contributed by atoms with Crippen LogP contribution in [0.3, 0.4) is 0 Å². The van der Waals surface area contributed by atoms with Crippen molar-refractivity contribution in [1.82, 2.24) is 5.32 Å². The summed E-state index contributed by atoms with van der Waals surface area (Å²) < 4.78 is 4.81. The molecule has 1 aliphatic heterocycles. The molecule has 4 N–H and O–H groups in total. The van der Waals surface area contributed by atoms with Crippen molar-refractivity contribution >= 4 is 5.97 Å². The second-order valence-electron chi connectivity index (χ2n) is 3.16. The van der Waals surface area contributed by atoms with E-state index in [1.807, 2.05) is 0 Å². The summed E-state index contributed by atoms with van der Waals surface area (Å²) in [5, 5.41) is 12.0. The molecule has 0 aromatic heterocycles. The normalized spacial score (nSPS) is 34.2. The van der Waals surface area contributed by atoms with Gasteiger partial charge in [0.1, 0.15) is 12.3 Å². The van der Waals surface area contributed by atoms with Gasteiger partial charge in [-0.25, -0.2) is 0 Å². The molecule has 0 amide bonds. The predicted octanol–water partition coefficient (Wildman–Crippen LogP) is -1.05. The molecule has 1 saturated heterocycles. The number of hydrogen-bond acceptors (Lipinski definition) is 5. The number of nitrogens with two attached hydrogens (primary N) is 1. The van der Waals surface area contributed by atoms with Gasteiger partial charge in [0.05, 0.1) is 6.61 Å². The third-order valence-electron chi connectivity index (χ3n) is 2.14. The van der Waals surface area contributed by atoms with E-state index in [4.69, 9.17) is 10.5 Å². The van der Waals surface area contributed by atoms with Gasteiger partial charge in [0.15, 0.2) is 0 Å². The lowest BCUT2D eigenvalue weighted by Crippen LogP contribution is -2.56. The van der Waals surface area contributed by atoms with Crippen molar-refractivity contribution < 1.29 is 14.6 Å². The Morgan fingerprint density at radius 2 is 2.38 bits per heavy atom. The van der Waals surface area contributed by atoms with Crippen LogP contribution in [0.2, 0.25) is 0 Å². The predicted molar refractivity (Wildman–Crippen MR) is 46.8 cm³/mol. The number of carbonyl (C=O) groups excluding carboxylic acids is 1. The molecule has 5 heteroatoms. The molecule has 3 unspecified atom stereocenters. The first-order valence-electron chi connectivity index (χ1n) is 4.51. The highest BCUT2D eigenvalue weighted by Crippen LogP contribution is 2.11. The molecule has 5 nitrogen and oxygen atoms in total. The molecule has 76 valence electrons. The zero-order chi connectivity index (χ0) is 9.84. The highest BCUT2D eigenvalue weighted by molar-refractivity contribution is 5.75. The van der Waals surface area contributed by atoms with Crippen molar-refractivity contribution in [2.45, 2.75) is 38.1 Å². The van der Waals surface area contributed by atoms with Crippen molar-refractivity contribution in [2.24, 2.45) is 5.73 Å². The quantitative estimate of drug-likeness (QED) is 0.481. The zero-order valence-electron chi connectivity index (χ0n) is 7.69. The first kappa shape index (κ1) is 10.4.